The molecule has 1 spiro atoms. The predicted molar refractivity (Wildman–Crippen MR) is 127 cm³/mol. The highest BCUT2D eigenvalue weighted by atomic mass is 28.4. The lowest BCUT2D eigenvalue weighted by Gasteiger charge is -2.41. The average molecular weight is 490 g/mol. The van der Waals surface area contributed by atoms with Crippen molar-refractivity contribution < 1.29 is 18.7 Å². The number of carbonyl (C=O) groups excluding carboxylic acids is 1. The number of carbonyl (C=O) groups is 1. The minimum atomic E-state index is -2.17. The van der Waals surface area contributed by atoms with Crippen LogP contribution >= 0.6 is 0 Å². The van der Waals surface area contributed by atoms with Crippen LogP contribution in [0.3, 0.4) is 0 Å². The zero-order valence-electron chi connectivity index (χ0n) is 21.0. The van der Waals surface area contributed by atoms with Crippen molar-refractivity contribution >= 4 is 14.3 Å². The maximum atomic E-state index is 13.0. The largest absolute Gasteiger partial charge is 0.463 e. The van der Waals surface area contributed by atoms with Crippen molar-refractivity contribution in [3.8, 4) is 5.82 Å². The Labute approximate surface area is 200 Å². The van der Waals surface area contributed by atoms with Gasteiger partial charge in [-0.25, -0.2) is 14.5 Å². The number of nitrogens with zero attached hydrogens (tertiary/aromatic N) is 5. The Morgan fingerprint density at radius 3 is 2.56 bits per heavy atom. The molecule has 186 valence electrons. The predicted octanol–water partition coefficient (Wildman–Crippen LogP) is 3.09. The summed E-state index contributed by atoms with van der Waals surface area (Å²) in [5.74, 6) is -0.125. The third kappa shape index (κ3) is 4.48. The van der Waals surface area contributed by atoms with Crippen LogP contribution in [-0.4, -0.2) is 57.4 Å². The minimum Gasteiger partial charge on any atom is -0.463 e. The highest BCUT2D eigenvalue weighted by molar-refractivity contribution is 6.74. The van der Waals surface area contributed by atoms with E-state index >= 15 is 0 Å². The Hall–Kier alpha value is -2.37. The zero-order valence-corrected chi connectivity index (χ0v) is 22.0. The van der Waals surface area contributed by atoms with Gasteiger partial charge in [-0.2, -0.15) is 10.1 Å². The van der Waals surface area contributed by atoms with Gasteiger partial charge in [0.25, 0.3) is 0 Å². The van der Waals surface area contributed by atoms with E-state index in [0.717, 1.165) is 12.8 Å². The summed E-state index contributed by atoms with van der Waals surface area (Å²) in [7, 11) is -2.17. The molecule has 3 heterocycles. The Balaban J connectivity index is 1.65. The SMILES string of the molecule is CC(C)C(=O)OCC1OC(n2ccc(-n3cncn3)nc2=O)C2(CC2)C1O[Si](C)(C)C(C)(C)C. The molecule has 0 N–H and O–H groups in total. The topological polar surface area (TPSA) is 110 Å². The second-order valence-electron chi connectivity index (χ2n) is 11.2. The monoisotopic (exact) mass is 489 g/mol. The van der Waals surface area contributed by atoms with Gasteiger partial charge in [0, 0.05) is 11.6 Å². The van der Waals surface area contributed by atoms with E-state index in [1.54, 1.807) is 26.1 Å². The number of esters is 1. The summed E-state index contributed by atoms with van der Waals surface area (Å²) in [4.78, 5) is 33.3. The first-order valence-corrected chi connectivity index (χ1v) is 14.7. The second kappa shape index (κ2) is 8.69. The summed E-state index contributed by atoms with van der Waals surface area (Å²) in [6.45, 7) is 14.7. The molecule has 2 aromatic rings. The van der Waals surface area contributed by atoms with Crippen LogP contribution in [0, 0.1) is 11.3 Å². The van der Waals surface area contributed by atoms with E-state index in [1.165, 1.54) is 21.9 Å². The maximum Gasteiger partial charge on any atom is 0.351 e. The number of hydrogen-bond donors (Lipinski definition) is 0. The normalized spacial score (nSPS) is 24.1. The van der Waals surface area contributed by atoms with Crippen LogP contribution in [0.15, 0.2) is 29.7 Å². The van der Waals surface area contributed by atoms with Gasteiger partial charge in [0.1, 0.15) is 31.6 Å². The van der Waals surface area contributed by atoms with Gasteiger partial charge in [0.2, 0.25) is 0 Å². The Morgan fingerprint density at radius 1 is 1.32 bits per heavy atom. The molecule has 0 aromatic carbocycles. The molecular formula is C23H35N5O5Si. The summed E-state index contributed by atoms with van der Waals surface area (Å²) in [6, 6.07) is 1.71. The standard InChI is InChI=1S/C23H35N5O5Si/c1-15(2)19(29)31-12-16-18(33-34(6,7)22(3,4)5)23(9-10-23)20(32-16)27-11-8-17(26-21(27)30)28-14-24-13-25-28/h8,11,13-16,18,20H,9-10,12H2,1-7H3. The van der Waals surface area contributed by atoms with Gasteiger partial charge in [-0.3, -0.25) is 9.36 Å². The fourth-order valence-corrected chi connectivity index (χ4v) is 5.46. The maximum absolute atomic E-state index is 13.0. The van der Waals surface area contributed by atoms with Gasteiger partial charge in [-0.1, -0.05) is 34.6 Å². The third-order valence-electron chi connectivity index (χ3n) is 7.34. The molecule has 0 amide bonds. The van der Waals surface area contributed by atoms with Crippen LogP contribution in [0.25, 0.3) is 5.82 Å². The molecule has 0 bridgehead atoms. The molecule has 1 aliphatic heterocycles. The van der Waals surface area contributed by atoms with E-state index in [2.05, 4.69) is 48.9 Å². The van der Waals surface area contributed by atoms with Gasteiger partial charge < -0.3 is 13.9 Å². The molecule has 3 unspecified atom stereocenters. The van der Waals surface area contributed by atoms with E-state index in [0.29, 0.717) is 5.82 Å². The highest BCUT2D eigenvalue weighted by Gasteiger charge is 2.66. The van der Waals surface area contributed by atoms with E-state index < -0.39 is 26.3 Å². The Bertz CT molecular complexity index is 1090. The average Bonchev–Trinajstić information content (AvgIpc) is 3.24. The van der Waals surface area contributed by atoms with Gasteiger partial charge in [0.05, 0.1) is 12.0 Å². The lowest BCUT2D eigenvalue weighted by atomic mass is 9.96. The number of aromatic nitrogens is 5. The third-order valence-corrected chi connectivity index (χ3v) is 11.8. The highest BCUT2D eigenvalue weighted by Crippen LogP contribution is 2.64. The first-order chi connectivity index (χ1) is 15.9. The summed E-state index contributed by atoms with van der Waals surface area (Å²) in [5.41, 5.74) is -0.791. The van der Waals surface area contributed by atoms with Gasteiger partial charge in [-0.05, 0) is 37.0 Å². The Morgan fingerprint density at radius 2 is 2.03 bits per heavy atom. The van der Waals surface area contributed by atoms with E-state index in [-0.39, 0.29) is 35.1 Å². The van der Waals surface area contributed by atoms with Crippen LogP contribution in [0.5, 0.6) is 0 Å². The minimum absolute atomic E-state index is 0.00182. The first kappa shape index (κ1) is 24.7. The molecule has 34 heavy (non-hydrogen) atoms. The van der Waals surface area contributed by atoms with Crippen molar-refractivity contribution in [3.63, 3.8) is 0 Å². The van der Waals surface area contributed by atoms with Crippen LogP contribution in [0.4, 0.5) is 0 Å². The number of rotatable bonds is 7. The van der Waals surface area contributed by atoms with Gasteiger partial charge in [-0.15, -0.1) is 0 Å². The molecule has 1 saturated heterocycles. The summed E-state index contributed by atoms with van der Waals surface area (Å²) in [5, 5.41) is 4.04. The Kier molecular flexibility index (Phi) is 6.32. The summed E-state index contributed by atoms with van der Waals surface area (Å²) < 4.78 is 21.9. The van der Waals surface area contributed by atoms with E-state index in [9.17, 15) is 9.59 Å². The lowest BCUT2D eigenvalue weighted by Crippen LogP contribution is -2.49. The van der Waals surface area contributed by atoms with Crippen LogP contribution in [0.2, 0.25) is 18.1 Å². The fraction of sp³-hybridized carbons (Fsp3) is 0.696. The molecule has 1 aliphatic carbocycles. The molecule has 2 aliphatic rings. The van der Waals surface area contributed by atoms with E-state index in [4.69, 9.17) is 13.9 Å². The molecule has 2 aromatic heterocycles. The molecule has 2 fully saturated rings. The second-order valence-corrected chi connectivity index (χ2v) is 15.9. The van der Waals surface area contributed by atoms with Crippen molar-refractivity contribution in [1.82, 2.24) is 24.3 Å². The fourth-order valence-electron chi connectivity index (χ4n) is 4.08. The van der Waals surface area contributed by atoms with Gasteiger partial charge >= 0.3 is 11.7 Å². The van der Waals surface area contributed by atoms with Crippen LogP contribution < -0.4 is 5.69 Å². The molecule has 11 heteroatoms. The van der Waals surface area contributed by atoms with Crippen molar-refractivity contribution in [1.29, 1.82) is 0 Å². The summed E-state index contributed by atoms with van der Waals surface area (Å²) in [6.07, 6.45) is 5.00. The van der Waals surface area contributed by atoms with Crippen molar-refractivity contribution in [2.75, 3.05) is 6.61 Å². The van der Waals surface area contributed by atoms with Crippen LogP contribution in [0.1, 0.15) is 53.7 Å². The summed E-state index contributed by atoms with van der Waals surface area (Å²) >= 11 is 0. The number of hydrogen-bond acceptors (Lipinski definition) is 8. The molecule has 1 saturated carbocycles. The van der Waals surface area contributed by atoms with Gasteiger partial charge in [0.15, 0.2) is 14.1 Å². The van der Waals surface area contributed by atoms with Crippen molar-refractivity contribution in [2.45, 2.75) is 84.0 Å². The van der Waals surface area contributed by atoms with Crippen LogP contribution in [-0.2, 0) is 18.7 Å². The molecule has 10 nitrogen and oxygen atoms in total. The molecule has 4 rings (SSSR count). The molecule has 0 radical (unpaired) electrons. The number of ether oxygens (including phenoxy) is 2. The molecule has 3 atom stereocenters. The zero-order chi connectivity index (χ0) is 24.9. The lowest BCUT2D eigenvalue weighted by molar-refractivity contribution is -0.153. The van der Waals surface area contributed by atoms with E-state index in [1.807, 2.05) is 0 Å². The smallest absolute Gasteiger partial charge is 0.351 e. The van der Waals surface area contributed by atoms with Crippen molar-refractivity contribution in [2.24, 2.45) is 11.3 Å². The molecular weight excluding hydrogens is 454 g/mol. The first-order valence-electron chi connectivity index (χ1n) is 11.8. The van der Waals surface area contributed by atoms with Crippen molar-refractivity contribution in [3.05, 3.63) is 35.4 Å². The quantitative estimate of drug-likeness (QED) is 0.431.